The number of nitriles is 1. The Kier molecular flexibility index (Phi) is 2.85. The molecule has 1 aromatic rings. The largest absolute Gasteiger partial charge is 0.315 e. The lowest BCUT2D eigenvalue weighted by atomic mass is 9.90. The van der Waals surface area contributed by atoms with E-state index in [1.54, 1.807) is 0 Å². The Morgan fingerprint density at radius 1 is 1.29 bits per heavy atom. The van der Waals surface area contributed by atoms with Crippen LogP contribution in [0.15, 0.2) is 28.7 Å². The summed E-state index contributed by atoms with van der Waals surface area (Å²) in [6.45, 7) is 1.73. The van der Waals surface area contributed by atoms with Crippen molar-refractivity contribution in [2.45, 2.75) is 5.92 Å². The molecule has 2 nitrogen and oxygen atoms in total. The minimum absolute atomic E-state index is 0.121. The molecule has 2 rings (SSSR count). The van der Waals surface area contributed by atoms with Crippen LogP contribution >= 0.6 is 15.9 Å². The summed E-state index contributed by atoms with van der Waals surface area (Å²) in [5.41, 5.74) is 1.25. The molecule has 1 heterocycles. The Morgan fingerprint density at radius 2 is 2.00 bits per heavy atom. The highest BCUT2D eigenvalue weighted by atomic mass is 79.9. The molecular formula is C11H11BrN2. The van der Waals surface area contributed by atoms with E-state index in [1.807, 2.05) is 12.1 Å². The number of nitrogens with one attached hydrogen (secondary N) is 1. The van der Waals surface area contributed by atoms with E-state index in [-0.39, 0.29) is 5.92 Å². The molecule has 0 aliphatic carbocycles. The summed E-state index contributed by atoms with van der Waals surface area (Å²) in [5, 5.41) is 12.2. The Labute approximate surface area is 92.1 Å². The van der Waals surface area contributed by atoms with Gasteiger partial charge in [0.25, 0.3) is 0 Å². The highest BCUT2D eigenvalue weighted by molar-refractivity contribution is 9.10. The van der Waals surface area contributed by atoms with Crippen molar-refractivity contribution in [2.75, 3.05) is 13.1 Å². The predicted octanol–water partition coefficient (Wildman–Crippen LogP) is 2.28. The van der Waals surface area contributed by atoms with Gasteiger partial charge in [0.15, 0.2) is 0 Å². The van der Waals surface area contributed by atoms with Crippen molar-refractivity contribution in [2.24, 2.45) is 5.92 Å². The second-order valence-corrected chi connectivity index (χ2v) is 4.47. The van der Waals surface area contributed by atoms with Gasteiger partial charge in [0.1, 0.15) is 0 Å². The van der Waals surface area contributed by atoms with Gasteiger partial charge in [-0.25, -0.2) is 0 Å². The van der Waals surface area contributed by atoms with Gasteiger partial charge < -0.3 is 5.32 Å². The fourth-order valence-electron chi connectivity index (χ4n) is 1.87. The topological polar surface area (TPSA) is 35.8 Å². The Hall–Kier alpha value is -0.850. The van der Waals surface area contributed by atoms with E-state index in [9.17, 15) is 0 Å². The smallest absolute Gasteiger partial charge is 0.0676 e. The molecule has 3 heteroatoms. The number of benzene rings is 1. The molecule has 0 radical (unpaired) electrons. The van der Waals surface area contributed by atoms with Crippen molar-refractivity contribution in [3.63, 3.8) is 0 Å². The van der Waals surface area contributed by atoms with E-state index < -0.39 is 0 Å². The number of hydrogen-bond acceptors (Lipinski definition) is 2. The van der Waals surface area contributed by atoms with Gasteiger partial charge >= 0.3 is 0 Å². The minimum Gasteiger partial charge on any atom is -0.315 e. The summed E-state index contributed by atoms with van der Waals surface area (Å²) in [7, 11) is 0. The van der Waals surface area contributed by atoms with Crippen LogP contribution < -0.4 is 5.32 Å². The number of rotatable bonds is 1. The Morgan fingerprint density at radius 3 is 2.64 bits per heavy atom. The maximum atomic E-state index is 8.95. The normalized spacial score (nSPS) is 26.0. The molecule has 1 saturated heterocycles. The highest BCUT2D eigenvalue weighted by Crippen LogP contribution is 2.28. The third-order valence-electron chi connectivity index (χ3n) is 2.68. The maximum absolute atomic E-state index is 8.95. The van der Waals surface area contributed by atoms with Gasteiger partial charge in [-0.1, -0.05) is 28.1 Å². The third kappa shape index (κ3) is 1.82. The summed E-state index contributed by atoms with van der Waals surface area (Å²) >= 11 is 3.41. The van der Waals surface area contributed by atoms with E-state index in [0.29, 0.717) is 5.92 Å². The van der Waals surface area contributed by atoms with Crippen LogP contribution in [0.2, 0.25) is 0 Å². The third-order valence-corrected chi connectivity index (χ3v) is 3.21. The molecule has 14 heavy (non-hydrogen) atoms. The molecule has 0 unspecified atom stereocenters. The Balaban J connectivity index is 2.23. The molecule has 1 aliphatic heterocycles. The van der Waals surface area contributed by atoms with Crippen LogP contribution in [-0.2, 0) is 0 Å². The van der Waals surface area contributed by atoms with E-state index in [0.717, 1.165) is 17.6 Å². The first kappa shape index (κ1) is 9.70. The van der Waals surface area contributed by atoms with Crippen molar-refractivity contribution in [3.05, 3.63) is 34.3 Å². The summed E-state index contributed by atoms with van der Waals surface area (Å²) < 4.78 is 1.08. The zero-order valence-corrected chi connectivity index (χ0v) is 9.29. The lowest BCUT2D eigenvalue weighted by Gasteiger charge is -2.12. The molecule has 1 fully saturated rings. The van der Waals surface area contributed by atoms with Gasteiger partial charge in [0, 0.05) is 23.5 Å². The first-order chi connectivity index (χ1) is 6.81. The molecule has 2 atom stereocenters. The molecule has 72 valence electrons. The van der Waals surface area contributed by atoms with Gasteiger partial charge in [0.2, 0.25) is 0 Å². The van der Waals surface area contributed by atoms with Gasteiger partial charge in [-0.3, -0.25) is 0 Å². The van der Waals surface area contributed by atoms with Gasteiger partial charge in [0.05, 0.1) is 12.0 Å². The monoisotopic (exact) mass is 250 g/mol. The standard InChI is InChI=1S/C11H11BrN2/c12-10-3-1-8(2-4-10)11-7-14-6-9(11)5-13/h1-4,9,11,14H,6-7H2/t9-,11+/m1/s1. The van der Waals surface area contributed by atoms with Crippen LogP contribution in [0.1, 0.15) is 11.5 Å². The molecule has 1 aromatic carbocycles. The first-order valence-corrected chi connectivity index (χ1v) is 5.46. The van der Waals surface area contributed by atoms with Crippen molar-refractivity contribution in [1.29, 1.82) is 5.26 Å². The zero-order chi connectivity index (χ0) is 9.97. The Bertz CT molecular complexity index is 353. The van der Waals surface area contributed by atoms with Gasteiger partial charge in [-0.2, -0.15) is 5.26 Å². The summed E-state index contributed by atoms with van der Waals surface area (Å²) in [6.07, 6.45) is 0. The molecule has 1 N–H and O–H groups in total. The maximum Gasteiger partial charge on any atom is 0.0676 e. The summed E-state index contributed by atoms with van der Waals surface area (Å²) in [4.78, 5) is 0. The fraction of sp³-hybridized carbons (Fsp3) is 0.364. The second kappa shape index (κ2) is 4.12. The molecule has 0 saturated carbocycles. The molecule has 1 aliphatic rings. The molecule has 0 spiro atoms. The molecule has 0 amide bonds. The van der Waals surface area contributed by atoms with E-state index in [1.165, 1.54) is 5.56 Å². The van der Waals surface area contributed by atoms with E-state index in [4.69, 9.17) is 5.26 Å². The highest BCUT2D eigenvalue weighted by Gasteiger charge is 2.27. The van der Waals surface area contributed by atoms with Crippen LogP contribution in [0.25, 0.3) is 0 Å². The summed E-state index contributed by atoms with van der Waals surface area (Å²) in [5.74, 6) is 0.476. The second-order valence-electron chi connectivity index (χ2n) is 3.55. The zero-order valence-electron chi connectivity index (χ0n) is 7.70. The SMILES string of the molecule is N#C[C@@H]1CNC[C@H]1c1ccc(Br)cc1. The van der Waals surface area contributed by atoms with Crippen molar-refractivity contribution < 1.29 is 0 Å². The lowest BCUT2D eigenvalue weighted by molar-refractivity contribution is 0.646. The average Bonchev–Trinajstić information content (AvgIpc) is 2.67. The fourth-order valence-corrected chi connectivity index (χ4v) is 2.14. The molecule has 0 aromatic heterocycles. The van der Waals surface area contributed by atoms with Crippen LogP contribution in [-0.4, -0.2) is 13.1 Å². The van der Waals surface area contributed by atoms with Crippen LogP contribution in [0, 0.1) is 17.2 Å². The lowest BCUT2D eigenvalue weighted by Crippen LogP contribution is -2.08. The van der Waals surface area contributed by atoms with Crippen molar-refractivity contribution in [3.8, 4) is 6.07 Å². The number of nitrogens with zero attached hydrogens (tertiary/aromatic N) is 1. The van der Waals surface area contributed by atoms with Gasteiger partial charge in [-0.15, -0.1) is 0 Å². The van der Waals surface area contributed by atoms with Gasteiger partial charge in [-0.05, 0) is 17.7 Å². The quantitative estimate of drug-likeness (QED) is 0.831. The van der Waals surface area contributed by atoms with Crippen molar-refractivity contribution in [1.82, 2.24) is 5.32 Å². The predicted molar refractivity (Wildman–Crippen MR) is 58.9 cm³/mol. The van der Waals surface area contributed by atoms with Crippen LogP contribution in [0.4, 0.5) is 0 Å². The minimum atomic E-state index is 0.121. The number of halogens is 1. The van der Waals surface area contributed by atoms with Crippen molar-refractivity contribution >= 4 is 15.9 Å². The van der Waals surface area contributed by atoms with Crippen LogP contribution in [0.5, 0.6) is 0 Å². The number of hydrogen-bond donors (Lipinski definition) is 1. The van der Waals surface area contributed by atoms with E-state index >= 15 is 0 Å². The summed E-state index contributed by atoms with van der Waals surface area (Å²) in [6, 6.07) is 10.6. The first-order valence-electron chi connectivity index (χ1n) is 4.67. The average molecular weight is 251 g/mol. The van der Waals surface area contributed by atoms with Crippen LogP contribution in [0.3, 0.4) is 0 Å². The molecular weight excluding hydrogens is 240 g/mol. The molecule has 0 bridgehead atoms. The van der Waals surface area contributed by atoms with E-state index in [2.05, 4.69) is 39.4 Å².